The van der Waals surface area contributed by atoms with E-state index < -0.39 is 0 Å². The third kappa shape index (κ3) is 6.92. The van der Waals surface area contributed by atoms with Gasteiger partial charge in [-0.3, -0.25) is 14.7 Å². The molecule has 29 heavy (non-hydrogen) atoms. The molecule has 0 radical (unpaired) electrons. The maximum atomic E-state index is 2.76. The highest BCUT2D eigenvalue weighted by atomic mass is 15.3. The molecule has 170 valence electrons. The Kier molecular flexibility index (Phi) is 7.73. The Morgan fingerprint density at radius 3 is 1.69 bits per heavy atom. The Bertz CT molecular complexity index is 490. The first-order valence-corrected chi connectivity index (χ1v) is 12.4. The zero-order chi connectivity index (χ0) is 21.2. The maximum Gasteiger partial charge on any atom is 0.0223 e. The molecular weight excluding hydrogens is 356 g/mol. The summed E-state index contributed by atoms with van der Waals surface area (Å²) in [6.45, 7) is 24.6. The Balaban J connectivity index is 1.35. The molecule has 2 atom stereocenters. The minimum Gasteiger partial charge on any atom is -0.301 e. The second-order valence-corrected chi connectivity index (χ2v) is 12.5. The van der Waals surface area contributed by atoms with Crippen molar-refractivity contribution in [3.8, 4) is 0 Å². The smallest absolute Gasteiger partial charge is 0.0223 e. The molecule has 3 rings (SSSR count). The third-order valence-corrected chi connectivity index (χ3v) is 7.85. The van der Waals surface area contributed by atoms with Crippen molar-refractivity contribution < 1.29 is 0 Å². The van der Waals surface area contributed by atoms with E-state index in [9.17, 15) is 0 Å². The summed E-state index contributed by atoms with van der Waals surface area (Å²) in [4.78, 5) is 10.9. The summed E-state index contributed by atoms with van der Waals surface area (Å²) in [6.07, 6.45) is 6.90. The molecule has 0 aromatic carbocycles. The van der Waals surface area contributed by atoms with Crippen LogP contribution in [0.5, 0.6) is 0 Å². The van der Waals surface area contributed by atoms with E-state index in [0.29, 0.717) is 11.0 Å². The summed E-state index contributed by atoms with van der Waals surface area (Å²) in [5.74, 6) is 0.916. The topological polar surface area (TPSA) is 13.0 Å². The van der Waals surface area contributed by atoms with Gasteiger partial charge in [0, 0.05) is 56.9 Å². The fraction of sp³-hybridized carbons (Fsp3) is 1.00. The van der Waals surface area contributed by atoms with E-state index in [1.54, 1.807) is 0 Å². The molecule has 3 saturated heterocycles. The predicted octanol–water partition coefficient (Wildman–Crippen LogP) is 4.01. The largest absolute Gasteiger partial charge is 0.301 e. The normalized spacial score (nSPS) is 30.3. The lowest BCUT2D eigenvalue weighted by Gasteiger charge is -2.43. The van der Waals surface area contributed by atoms with Gasteiger partial charge in [0.1, 0.15) is 0 Å². The van der Waals surface area contributed by atoms with Crippen LogP contribution < -0.4 is 0 Å². The molecule has 4 nitrogen and oxygen atoms in total. The lowest BCUT2D eigenvalue weighted by molar-refractivity contribution is 0.0559. The third-order valence-electron chi connectivity index (χ3n) is 7.85. The molecule has 0 bridgehead atoms. The van der Waals surface area contributed by atoms with E-state index in [-0.39, 0.29) is 0 Å². The van der Waals surface area contributed by atoms with Gasteiger partial charge in [0.25, 0.3) is 0 Å². The SMILES string of the molecule is CN1[C@@H](CN2CCN(CC3CCN(C(C)(C)C)CC3)CC2)CC[C@H]1CC(C)(C)C. The molecule has 0 spiro atoms. The van der Waals surface area contributed by atoms with Crippen LogP contribution in [0.25, 0.3) is 0 Å². The number of hydrogen-bond acceptors (Lipinski definition) is 4. The molecule has 0 unspecified atom stereocenters. The molecule has 3 aliphatic rings. The van der Waals surface area contributed by atoms with Crippen molar-refractivity contribution >= 4 is 0 Å². The van der Waals surface area contributed by atoms with Crippen LogP contribution in [0.2, 0.25) is 0 Å². The van der Waals surface area contributed by atoms with Crippen LogP contribution in [0.4, 0.5) is 0 Å². The number of piperazine rings is 1. The highest BCUT2D eigenvalue weighted by molar-refractivity contribution is 4.90. The van der Waals surface area contributed by atoms with Gasteiger partial charge in [-0.15, -0.1) is 0 Å². The van der Waals surface area contributed by atoms with Gasteiger partial charge in [0.05, 0.1) is 0 Å². The molecule has 3 aliphatic heterocycles. The van der Waals surface area contributed by atoms with Gasteiger partial charge < -0.3 is 4.90 Å². The maximum absolute atomic E-state index is 2.76. The summed E-state index contributed by atoms with van der Waals surface area (Å²) >= 11 is 0. The zero-order valence-corrected chi connectivity index (χ0v) is 20.7. The molecule has 0 aliphatic carbocycles. The number of rotatable bonds is 5. The molecule has 4 heteroatoms. The van der Waals surface area contributed by atoms with E-state index in [0.717, 1.165) is 18.0 Å². The average Bonchev–Trinajstić information content (AvgIpc) is 2.95. The number of nitrogens with zero attached hydrogens (tertiary/aromatic N) is 4. The van der Waals surface area contributed by atoms with Crippen LogP contribution in [-0.2, 0) is 0 Å². The predicted molar refractivity (Wildman–Crippen MR) is 126 cm³/mol. The van der Waals surface area contributed by atoms with E-state index in [1.165, 1.54) is 84.5 Å². The summed E-state index contributed by atoms with van der Waals surface area (Å²) in [6, 6.07) is 1.57. The van der Waals surface area contributed by atoms with Crippen molar-refractivity contribution in [3.05, 3.63) is 0 Å². The first-order chi connectivity index (χ1) is 13.5. The zero-order valence-electron chi connectivity index (χ0n) is 20.7. The van der Waals surface area contributed by atoms with Crippen molar-refractivity contribution in [2.24, 2.45) is 11.3 Å². The molecule has 0 saturated carbocycles. The van der Waals surface area contributed by atoms with E-state index in [2.05, 4.69) is 68.2 Å². The second kappa shape index (κ2) is 9.54. The van der Waals surface area contributed by atoms with Crippen LogP contribution in [0, 0.1) is 11.3 Å². The van der Waals surface area contributed by atoms with Crippen LogP contribution in [0.15, 0.2) is 0 Å². The first kappa shape index (κ1) is 23.5. The summed E-state index contributed by atoms with van der Waals surface area (Å²) < 4.78 is 0. The molecule has 0 aromatic heterocycles. The Labute approximate surface area is 182 Å². The van der Waals surface area contributed by atoms with Gasteiger partial charge in [-0.25, -0.2) is 0 Å². The second-order valence-electron chi connectivity index (χ2n) is 12.5. The minimum atomic E-state index is 0.343. The summed E-state index contributed by atoms with van der Waals surface area (Å²) in [5, 5.41) is 0. The van der Waals surface area contributed by atoms with Crippen molar-refractivity contribution in [1.29, 1.82) is 0 Å². The first-order valence-electron chi connectivity index (χ1n) is 12.4. The van der Waals surface area contributed by atoms with E-state index in [1.807, 2.05) is 0 Å². The van der Waals surface area contributed by atoms with E-state index >= 15 is 0 Å². The molecular formula is C25H50N4. The highest BCUT2D eigenvalue weighted by Gasteiger charge is 2.34. The van der Waals surface area contributed by atoms with Crippen LogP contribution in [0.3, 0.4) is 0 Å². The molecule has 0 aromatic rings. The van der Waals surface area contributed by atoms with Crippen LogP contribution in [-0.4, -0.2) is 96.6 Å². The quantitative estimate of drug-likeness (QED) is 0.684. The Hall–Kier alpha value is -0.160. The molecule has 3 fully saturated rings. The molecule has 0 amide bonds. The highest BCUT2D eigenvalue weighted by Crippen LogP contribution is 2.32. The Morgan fingerprint density at radius 1 is 0.655 bits per heavy atom. The van der Waals surface area contributed by atoms with Crippen LogP contribution >= 0.6 is 0 Å². The van der Waals surface area contributed by atoms with Crippen molar-refractivity contribution in [2.75, 3.05) is 59.4 Å². The van der Waals surface area contributed by atoms with Crippen molar-refractivity contribution in [2.45, 2.75) is 91.3 Å². The number of likely N-dealkylation sites (N-methyl/N-ethyl adjacent to an activating group) is 1. The number of piperidine rings is 1. The lowest BCUT2D eigenvalue weighted by Crippen LogP contribution is -2.52. The lowest BCUT2D eigenvalue weighted by atomic mass is 9.87. The van der Waals surface area contributed by atoms with Crippen molar-refractivity contribution in [3.63, 3.8) is 0 Å². The minimum absolute atomic E-state index is 0.343. The van der Waals surface area contributed by atoms with Gasteiger partial charge in [-0.05, 0) is 84.3 Å². The fourth-order valence-corrected chi connectivity index (χ4v) is 5.87. The standard InChI is InChI=1S/C25H50N4/c1-24(2,3)18-22-8-9-23(26(22)7)20-28-16-14-27(15-17-28)19-21-10-12-29(13-11-21)25(4,5)6/h21-23H,8-20H2,1-7H3/t22-,23+/m0/s1. The van der Waals surface area contributed by atoms with E-state index in [4.69, 9.17) is 0 Å². The van der Waals surface area contributed by atoms with Gasteiger partial charge >= 0.3 is 0 Å². The fourth-order valence-electron chi connectivity index (χ4n) is 5.87. The van der Waals surface area contributed by atoms with Gasteiger partial charge in [-0.2, -0.15) is 0 Å². The summed E-state index contributed by atoms with van der Waals surface area (Å²) in [7, 11) is 2.38. The molecule has 0 N–H and O–H groups in total. The van der Waals surface area contributed by atoms with Gasteiger partial charge in [0.2, 0.25) is 0 Å². The Morgan fingerprint density at radius 2 is 1.17 bits per heavy atom. The summed E-state index contributed by atoms with van der Waals surface area (Å²) in [5.41, 5.74) is 0.790. The number of likely N-dealkylation sites (tertiary alicyclic amines) is 2. The van der Waals surface area contributed by atoms with Gasteiger partial charge in [0.15, 0.2) is 0 Å². The van der Waals surface area contributed by atoms with Gasteiger partial charge in [-0.1, -0.05) is 20.8 Å². The number of hydrogen-bond donors (Lipinski definition) is 0. The van der Waals surface area contributed by atoms with Crippen molar-refractivity contribution in [1.82, 2.24) is 19.6 Å². The monoisotopic (exact) mass is 406 g/mol. The molecule has 3 heterocycles. The average molecular weight is 407 g/mol. The van der Waals surface area contributed by atoms with Crippen LogP contribution in [0.1, 0.15) is 73.6 Å².